The molecule has 0 saturated carbocycles. The van der Waals surface area contributed by atoms with E-state index in [0.717, 1.165) is 14.0 Å². The number of carboxylic acids is 1. The number of halogens is 3. The van der Waals surface area contributed by atoms with Gasteiger partial charge in [0.15, 0.2) is 0 Å². The molecule has 0 fully saturated rings. The first-order valence-corrected chi connectivity index (χ1v) is 7.19. The average Bonchev–Trinajstić information content (AvgIpc) is 2.43. The third-order valence-electron chi connectivity index (χ3n) is 2.99. The number of hydrogen-bond acceptors (Lipinski definition) is 4. The number of likely N-dealkylation sites (N-methyl/N-ethyl adjacent to an activating group) is 1. The van der Waals surface area contributed by atoms with Crippen LogP contribution in [0.2, 0.25) is 0 Å². The Labute approximate surface area is 124 Å². The fourth-order valence-electron chi connectivity index (χ4n) is 1.54. The molecule has 22 heavy (non-hydrogen) atoms. The lowest BCUT2D eigenvalue weighted by Crippen LogP contribution is -2.40. The van der Waals surface area contributed by atoms with Crippen molar-refractivity contribution < 1.29 is 31.5 Å². The molecule has 1 atom stereocenters. The van der Waals surface area contributed by atoms with Gasteiger partial charge in [0, 0.05) is 7.05 Å². The van der Waals surface area contributed by atoms with Crippen LogP contribution >= 0.6 is 0 Å². The minimum absolute atomic E-state index is 0.409. The number of sulfonamides is 1. The minimum Gasteiger partial charge on any atom is -0.480 e. The van der Waals surface area contributed by atoms with Crippen molar-refractivity contribution in [1.82, 2.24) is 4.31 Å². The van der Waals surface area contributed by atoms with Gasteiger partial charge in [-0.15, -0.1) is 0 Å². The van der Waals surface area contributed by atoms with E-state index in [1.165, 1.54) is 6.07 Å². The van der Waals surface area contributed by atoms with Gasteiger partial charge >= 0.3 is 12.1 Å². The van der Waals surface area contributed by atoms with E-state index < -0.39 is 44.2 Å². The van der Waals surface area contributed by atoms with Gasteiger partial charge in [-0.1, -0.05) is 0 Å². The maximum atomic E-state index is 12.6. The number of carbonyl (C=O) groups is 1. The number of nitrogens with zero attached hydrogens (tertiary/aromatic N) is 2. The fourth-order valence-corrected chi connectivity index (χ4v) is 2.98. The predicted octanol–water partition coefficient (Wildman–Crippen LogP) is 1.67. The van der Waals surface area contributed by atoms with Crippen molar-refractivity contribution in [3.63, 3.8) is 0 Å². The number of hydrogen-bond donors (Lipinski definition) is 1. The van der Waals surface area contributed by atoms with Gasteiger partial charge in [-0.2, -0.15) is 22.7 Å². The summed E-state index contributed by atoms with van der Waals surface area (Å²) in [6.45, 7) is 1.09. The van der Waals surface area contributed by atoms with E-state index in [0.29, 0.717) is 22.5 Å². The summed E-state index contributed by atoms with van der Waals surface area (Å²) in [6.07, 6.45) is -4.73. The Bertz CT molecular complexity index is 738. The summed E-state index contributed by atoms with van der Waals surface area (Å²) in [5.41, 5.74) is -1.88. The fraction of sp³-hybridized carbons (Fsp3) is 0.333. The van der Waals surface area contributed by atoms with Crippen LogP contribution in [-0.4, -0.2) is 36.9 Å². The molecule has 0 aliphatic rings. The molecule has 1 unspecified atom stereocenters. The normalized spacial score (nSPS) is 13.7. The van der Waals surface area contributed by atoms with Gasteiger partial charge in [0.25, 0.3) is 0 Å². The average molecular weight is 336 g/mol. The zero-order valence-electron chi connectivity index (χ0n) is 11.4. The number of aliphatic carboxylic acids is 1. The Morgan fingerprint density at radius 2 is 1.95 bits per heavy atom. The molecule has 0 radical (unpaired) electrons. The topological polar surface area (TPSA) is 98.5 Å². The van der Waals surface area contributed by atoms with Crippen molar-refractivity contribution in [3.8, 4) is 6.07 Å². The van der Waals surface area contributed by atoms with Crippen molar-refractivity contribution in [1.29, 1.82) is 5.26 Å². The molecule has 10 heteroatoms. The SMILES string of the molecule is CC(C(=O)O)N(C)S(=O)(=O)c1ccc(C(F)(F)F)cc1C#N. The van der Waals surface area contributed by atoms with E-state index in [9.17, 15) is 26.4 Å². The second-order valence-corrected chi connectivity index (χ2v) is 6.32. The van der Waals surface area contributed by atoms with Crippen LogP contribution in [0, 0.1) is 11.3 Å². The van der Waals surface area contributed by atoms with Gasteiger partial charge in [0.1, 0.15) is 12.1 Å². The molecule has 6 nitrogen and oxygen atoms in total. The summed E-state index contributed by atoms with van der Waals surface area (Å²) in [6, 6.07) is 1.51. The Hall–Kier alpha value is -2.12. The molecule has 0 aromatic heterocycles. The first-order chi connectivity index (χ1) is 9.92. The molecular formula is C12H11F3N2O4S. The summed E-state index contributed by atoms with van der Waals surface area (Å²) in [5.74, 6) is -1.43. The summed E-state index contributed by atoms with van der Waals surface area (Å²) in [7, 11) is -3.46. The first-order valence-electron chi connectivity index (χ1n) is 5.75. The standard InChI is InChI=1S/C12H11F3N2O4S/c1-7(11(18)19)17(2)22(20,21)10-4-3-9(12(13,14)15)5-8(10)6-16/h3-5,7H,1-2H3,(H,18,19). The summed E-state index contributed by atoms with van der Waals surface area (Å²) >= 11 is 0. The molecule has 0 spiro atoms. The smallest absolute Gasteiger partial charge is 0.416 e. The van der Waals surface area contributed by atoms with E-state index in [4.69, 9.17) is 10.4 Å². The van der Waals surface area contributed by atoms with E-state index in [1.807, 2.05) is 0 Å². The number of carboxylic acid groups (broad SMARTS) is 1. The molecule has 0 bridgehead atoms. The van der Waals surface area contributed by atoms with Gasteiger partial charge in [-0.25, -0.2) is 8.42 Å². The van der Waals surface area contributed by atoms with Crippen LogP contribution in [0.1, 0.15) is 18.1 Å². The van der Waals surface area contributed by atoms with Gasteiger partial charge in [0.05, 0.1) is 16.0 Å². The molecule has 0 saturated heterocycles. The number of nitriles is 1. The van der Waals surface area contributed by atoms with E-state index in [1.54, 1.807) is 0 Å². The van der Waals surface area contributed by atoms with Crippen LogP contribution < -0.4 is 0 Å². The molecular weight excluding hydrogens is 325 g/mol. The Morgan fingerprint density at radius 3 is 2.36 bits per heavy atom. The second kappa shape index (κ2) is 5.94. The molecule has 1 aromatic carbocycles. The van der Waals surface area contributed by atoms with Gasteiger partial charge in [-0.05, 0) is 25.1 Å². The molecule has 0 aliphatic heterocycles. The Morgan fingerprint density at radius 1 is 1.41 bits per heavy atom. The van der Waals surface area contributed by atoms with Crippen LogP contribution in [0.4, 0.5) is 13.2 Å². The largest absolute Gasteiger partial charge is 0.480 e. The zero-order valence-corrected chi connectivity index (χ0v) is 12.2. The third-order valence-corrected chi connectivity index (χ3v) is 4.97. The lowest BCUT2D eigenvalue weighted by atomic mass is 10.1. The number of alkyl halides is 3. The van der Waals surface area contributed by atoms with Gasteiger partial charge < -0.3 is 5.11 Å². The molecule has 1 aromatic rings. The van der Waals surface area contributed by atoms with Crippen LogP contribution in [0.5, 0.6) is 0 Å². The highest BCUT2D eigenvalue weighted by molar-refractivity contribution is 7.89. The summed E-state index contributed by atoms with van der Waals surface area (Å²) < 4.78 is 62.7. The molecule has 1 rings (SSSR count). The van der Waals surface area contributed by atoms with Gasteiger partial charge in [-0.3, -0.25) is 4.79 Å². The van der Waals surface area contributed by atoms with Crippen molar-refractivity contribution >= 4 is 16.0 Å². The van der Waals surface area contributed by atoms with Crippen LogP contribution in [0.15, 0.2) is 23.1 Å². The monoisotopic (exact) mass is 336 g/mol. The second-order valence-electron chi connectivity index (χ2n) is 4.36. The van der Waals surface area contributed by atoms with E-state index >= 15 is 0 Å². The molecule has 120 valence electrons. The molecule has 0 aliphatic carbocycles. The maximum absolute atomic E-state index is 12.6. The van der Waals surface area contributed by atoms with Crippen molar-refractivity contribution in [2.75, 3.05) is 7.05 Å². The number of benzene rings is 1. The maximum Gasteiger partial charge on any atom is 0.416 e. The van der Waals surface area contributed by atoms with Crippen molar-refractivity contribution in [3.05, 3.63) is 29.3 Å². The van der Waals surface area contributed by atoms with E-state index in [-0.39, 0.29) is 0 Å². The first kappa shape index (κ1) is 17.9. The lowest BCUT2D eigenvalue weighted by Gasteiger charge is -2.21. The van der Waals surface area contributed by atoms with Crippen molar-refractivity contribution in [2.24, 2.45) is 0 Å². The summed E-state index contributed by atoms with van der Waals surface area (Å²) in [5, 5.41) is 17.7. The highest BCUT2D eigenvalue weighted by atomic mass is 32.2. The van der Waals surface area contributed by atoms with E-state index in [2.05, 4.69) is 0 Å². The van der Waals surface area contributed by atoms with Crippen LogP contribution in [0.25, 0.3) is 0 Å². The van der Waals surface area contributed by atoms with Gasteiger partial charge in [0.2, 0.25) is 10.0 Å². The molecule has 0 heterocycles. The van der Waals surface area contributed by atoms with Crippen LogP contribution in [0.3, 0.4) is 0 Å². The zero-order chi connectivity index (χ0) is 17.3. The van der Waals surface area contributed by atoms with Crippen molar-refractivity contribution in [2.45, 2.75) is 24.0 Å². The highest BCUT2D eigenvalue weighted by Gasteiger charge is 2.35. The Balaban J connectivity index is 3.44. The molecule has 1 N–H and O–H groups in total. The Kier molecular flexibility index (Phi) is 4.84. The van der Waals surface area contributed by atoms with Crippen LogP contribution in [-0.2, 0) is 21.0 Å². The number of rotatable bonds is 4. The minimum atomic E-state index is -4.73. The predicted molar refractivity (Wildman–Crippen MR) is 68.2 cm³/mol. The summed E-state index contributed by atoms with van der Waals surface area (Å²) in [4.78, 5) is 10.2. The lowest BCUT2D eigenvalue weighted by molar-refractivity contribution is -0.140. The quantitative estimate of drug-likeness (QED) is 0.902. The molecule has 0 amide bonds. The highest BCUT2D eigenvalue weighted by Crippen LogP contribution is 2.32. The third kappa shape index (κ3) is 3.37.